The van der Waals surface area contributed by atoms with Gasteiger partial charge in [0.1, 0.15) is 18.9 Å². The second-order valence-electron chi connectivity index (χ2n) is 6.65. The Morgan fingerprint density at radius 3 is 2.81 bits per heavy atom. The van der Waals surface area contributed by atoms with Crippen molar-refractivity contribution in [1.29, 1.82) is 0 Å². The van der Waals surface area contributed by atoms with Crippen LogP contribution in [0.3, 0.4) is 0 Å². The Morgan fingerprint density at radius 1 is 1.43 bits per heavy atom. The summed E-state index contributed by atoms with van der Waals surface area (Å²) in [5, 5.41) is 13.4. The molecular formula is C15H27N3O2S. The summed E-state index contributed by atoms with van der Waals surface area (Å²) in [7, 11) is 0. The Hall–Kier alpha value is -0.720. The van der Waals surface area contributed by atoms with E-state index in [4.69, 9.17) is 4.74 Å². The Morgan fingerprint density at radius 2 is 2.19 bits per heavy atom. The van der Waals surface area contributed by atoms with Crippen molar-refractivity contribution in [3.05, 3.63) is 6.20 Å². The molecule has 21 heavy (non-hydrogen) atoms. The third-order valence-corrected chi connectivity index (χ3v) is 4.61. The predicted octanol–water partition coefficient (Wildman–Crippen LogP) is 2.47. The van der Waals surface area contributed by atoms with Crippen molar-refractivity contribution in [2.24, 2.45) is 11.3 Å². The Balaban J connectivity index is 1.67. The number of aliphatic hydroxyl groups is 1. The van der Waals surface area contributed by atoms with E-state index in [1.165, 1.54) is 32.1 Å². The first-order valence-electron chi connectivity index (χ1n) is 7.89. The van der Waals surface area contributed by atoms with Gasteiger partial charge in [-0.2, -0.15) is 4.37 Å². The number of hydrogen-bond donors (Lipinski definition) is 2. The van der Waals surface area contributed by atoms with Crippen molar-refractivity contribution in [2.75, 3.05) is 19.7 Å². The van der Waals surface area contributed by atoms with Gasteiger partial charge in [-0.3, -0.25) is 0 Å². The smallest absolute Gasteiger partial charge is 0.245 e. The van der Waals surface area contributed by atoms with Crippen LogP contribution in [-0.2, 0) is 0 Å². The summed E-state index contributed by atoms with van der Waals surface area (Å²) < 4.78 is 13.2. The first-order valence-corrected chi connectivity index (χ1v) is 8.62. The maximum atomic E-state index is 9.96. The van der Waals surface area contributed by atoms with E-state index in [1.807, 2.05) is 0 Å². The van der Waals surface area contributed by atoms with E-state index in [9.17, 15) is 5.11 Å². The molecule has 120 valence electrons. The second kappa shape index (κ2) is 8.06. The number of aromatic nitrogens is 2. The molecule has 0 radical (unpaired) electrons. The Labute approximate surface area is 131 Å². The van der Waals surface area contributed by atoms with Crippen LogP contribution >= 0.6 is 11.7 Å². The summed E-state index contributed by atoms with van der Waals surface area (Å²) in [5.41, 5.74) is 0.438. The van der Waals surface area contributed by atoms with Gasteiger partial charge >= 0.3 is 0 Å². The van der Waals surface area contributed by atoms with Crippen LogP contribution in [0.2, 0.25) is 0 Å². The quantitative estimate of drug-likeness (QED) is 0.733. The summed E-state index contributed by atoms with van der Waals surface area (Å²) in [4.78, 5) is 0. The molecule has 1 aromatic heterocycles. The SMILES string of the molecule is CC(C)CC1(CNCC(O)COc2cnsn2)CCCC1. The number of nitrogens with zero attached hydrogens (tertiary/aromatic N) is 2. The molecule has 0 saturated heterocycles. The maximum absolute atomic E-state index is 9.96. The lowest BCUT2D eigenvalue weighted by molar-refractivity contribution is 0.0989. The molecule has 0 bridgehead atoms. The molecule has 1 heterocycles. The minimum atomic E-state index is -0.510. The van der Waals surface area contributed by atoms with Crippen molar-refractivity contribution in [3.63, 3.8) is 0 Å². The highest BCUT2D eigenvalue weighted by atomic mass is 32.1. The number of aliphatic hydroxyl groups excluding tert-OH is 1. The van der Waals surface area contributed by atoms with Crippen molar-refractivity contribution in [1.82, 2.24) is 14.1 Å². The van der Waals surface area contributed by atoms with Crippen LogP contribution in [0, 0.1) is 11.3 Å². The molecule has 6 heteroatoms. The molecule has 1 unspecified atom stereocenters. The van der Waals surface area contributed by atoms with Crippen molar-refractivity contribution < 1.29 is 9.84 Å². The van der Waals surface area contributed by atoms with Crippen LogP contribution in [0.1, 0.15) is 46.0 Å². The molecule has 5 nitrogen and oxygen atoms in total. The topological polar surface area (TPSA) is 67.3 Å². The minimum Gasteiger partial charge on any atom is -0.473 e. The van der Waals surface area contributed by atoms with Gasteiger partial charge < -0.3 is 15.2 Å². The zero-order chi connectivity index (χ0) is 15.1. The van der Waals surface area contributed by atoms with Gasteiger partial charge in [-0.1, -0.05) is 26.7 Å². The predicted molar refractivity (Wildman–Crippen MR) is 84.6 cm³/mol. The first-order chi connectivity index (χ1) is 10.1. The highest BCUT2D eigenvalue weighted by Crippen LogP contribution is 2.42. The first kappa shape index (κ1) is 16.6. The Kier molecular flexibility index (Phi) is 6.39. The molecular weight excluding hydrogens is 286 g/mol. The number of nitrogens with one attached hydrogen (secondary N) is 1. The summed E-state index contributed by atoms with van der Waals surface area (Å²) in [6.45, 7) is 6.42. The highest BCUT2D eigenvalue weighted by molar-refractivity contribution is 6.99. The van der Waals surface area contributed by atoms with E-state index < -0.39 is 6.10 Å². The van der Waals surface area contributed by atoms with Gasteiger partial charge in [0, 0.05) is 13.1 Å². The molecule has 1 atom stereocenters. The number of ether oxygens (including phenoxy) is 1. The average Bonchev–Trinajstić information content (AvgIpc) is 3.07. The molecule has 1 aromatic rings. The van der Waals surface area contributed by atoms with Gasteiger partial charge in [0.05, 0.1) is 11.7 Å². The summed E-state index contributed by atoms with van der Waals surface area (Å²) in [5.74, 6) is 1.22. The van der Waals surface area contributed by atoms with E-state index in [0.717, 1.165) is 24.2 Å². The molecule has 1 saturated carbocycles. The fraction of sp³-hybridized carbons (Fsp3) is 0.867. The molecule has 2 N–H and O–H groups in total. The van der Waals surface area contributed by atoms with Gasteiger partial charge in [-0.15, -0.1) is 4.37 Å². The molecule has 0 aromatic carbocycles. The molecule has 2 rings (SSSR count). The molecule has 0 amide bonds. The summed E-state index contributed by atoms with van der Waals surface area (Å²) in [6, 6.07) is 0. The zero-order valence-corrected chi connectivity index (χ0v) is 13.9. The van der Waals surface area contributed by atoms with Crippen LogP contribution < -0.4 is 10.1 Å². The lowest BCUT2D eigenvalue weighted by Crippen LogP contribution is -2.39. The van der Waals surface area contributed by atoms with Crippen LogP contribution in [-0.4, -0.2) is 39.7 Å². The van der Waals surface area contributed by atoms with Gasteiger partial charge in [-0.25, -0.2) is 0 Å². The van der Waals surface area contributed by atoms with Crippen LogP contribution in [0.4, 0.5) is 0 Å². The fourth-order valence-corrected chi connectivity index (χ4v) is 3.77. The van der Waals surface area contributed by atoms with E-state index >= 15 is 0 Å². The van der Waals surface area contributed by atoms with Crippen molar-refractivity contribution >= 4 is 11.7 Å². The van der Waals surface area contributed by atoms with Crippen molar-refractivity contribution in [2.45, 2.75) is 52.1 Å². The Bertz CT molecular complexity index is 392. The minimum absolute atomic E-state index is 0.260. The van der Waals surface area contributed by atoms with Crippen LogP contribution in [0.5, 0.6) is 5.88 Å². The average molecular weight is 313 g/mol. The summed E-state index contributed by atoms with van der Waals surface area (Å²) >= 11 is 1.11. The van der Waals surface area contributed by atoms with E-state index in [0.29, 0.717) is 17.8 Å². The van der Waals surface area contributed by atoms with Gasteiger partial charge in [-0.05, 0) is 30.6 Å². The van der Waals surface area contributed by atoms with Crippen LogP contribution in [0.15, 0.2) is 6.20 Å². The number of hydrogen-bond acceptors (Lipinski definition) is 6. The normalized spacial score (nSPS) is 19.0. The lowest BCUT2D eigenvalue weighted by atomic mass is 9.78. The van der Waals surface area contributed by atoms with Crippen molar-refractivity contribution in [3.8, 4) is 5.88 Å². The van der Waals surface area contributed by atoms with Gasteiger partial charge in [0.25, 0.3) is 0 Å². The molecule has 0 spiro atoms. The maximum Gasteiger partial charge on any atom is 0.245 e. The van der Waals surface area contributed by atoms with E-state index in [-0.39, 0.29) is 6.61 Å². The standard InChI is InChI=1S/C15H27N3O2S/c1-12(2)7-15(5-3-4-6-15)11-16-8-13(19)10-20-14-9-17-21-18-14/h9,12-13,16,19H,3-8,10-11H2,1-2H3. The van der Waals surface area contributed by atoms with E-state index in [2.05, 4.69) is 27.9 Å². The number of rotatable bonds is 9. The second-order valence-corrected chi connectivity index (χ2v) is 7.20. The monoisotopic (exact) mass is 313 g/mol. The van der Waals surface area contributed by atoms with Gasteiger partial charge in [0.2, 0.25) is 5.88 Å². The van der Waals surface area contributed by atoms with Gasteiger partial charge in [0.15, 0.2) is 0 Å². The third kappa shape index (κ3) is 5.52. The largest absolute Gasteiger partial charge is 0.473 e. The van der Waals surface area contributed by atoms with E-state index in [1.54, 1.807) is 6.20 Å². The fourth-order valence-electron chi connectivity index (χ4n) is 3.41. The molecule has 1 aliphatic rings. The van der Waals surface area contributed by atoms with Crippen LogP contribution in [0.25, 0.3) is 0 Å². The lowest BCUT2D eigenvalue weighted by Gasteiger charge is -2.31. The molecule has 0 aliphatic heterocycles. The summed E-state index contributed by atoms with van der Waals surface area (Å²) in [6.07, 6.45) is 7.65. The highest BCUT2D eigenvalue weighted by Gasteiger charge is 2.33. The zero-order valence-electron chi connectivity index (χ0n) is 13.0. The molecule has 1 aliphatic carbocycles. The third-order valence-electron chi connectivity index (χ3n) is 4.15. The molecule has 1 fully saturated rings.